The lowest BCUT2D eigenvalue weighted by atomic mass is 10.1. The molecule has 0 aliphatic rings. The standard InChI is InChI=1S/C15H23ClN2S/c1-10(2)8-18(11(3)4)9-13-6-5-12(15(17)19)7-14(13)16/h5-7,10-11H,8-9H2,1-4H3,(H2,17,19). The van der Waals surface area contributed by atoms with E-state index in [-0.39, 0.29) is 0 Å². The lowest BCUT2D eigenvalue weighted by molar-refractivity contribution is 0.189. The highest BCUT2D eigenvalue weighted by molar-refractivity contribution is 7.80. The van der Waals surface area contributed by atoms with Gasteiger partial charge in [0.2, 0.25) is 0 Å². The second-order valence-electron chi connectivity index (χ2n) is 5.59. The number of hydrogen-bond donors (Lipinski definition) is 1. The van der Waals surface area contributed by atoms with Crippen LogP contribution < -0.4 is 5.73 Å². The maximum atomic E-state index is 6.32. The maximum absolute atomic E-state index is 6.32. The number of rotatable bonds is 6. The van der Waals surface area contributed by atoms with Gasteiger partial charge >= 0.3 is 0 Å². The quantitative estimate of drug-likeness (QED) is 0.809. The zero-order valence-electron chi connectivity index (χ0n) is 12.1. The highest BCUT2D eigenvalue weighted by Crippen LogP contribution is 2.21. The number of hydrogen-bond acceptors (Lipinski definition) is 2. The van der Waals surface area contributed by atoms with E-state index in [1.165, 1.54) is 0 Å². The normalized spacial score (nSPS) is 11.6. The van der Waals surface area contributed by atoms with Crippen LogP contribution in [0.4, 0.5) is 0 Å². The molecule has 19 heavy (non-hydrogen) atoms. The van der Waals surface area contributed by atoms with Crippen LogP contribution in [-0.2, 0) is 6.54 Å². The van der Waals surface area contributed by atoms with Crippen molar-refractivity contribution in [2.24, 2.45) is 11.7 Å². The monoisotopic (exact) mass is 298 g/mol. The summed E-state index contributed by atoms with van der Waals surface area (Å²) >= 11 is 11.3. The Morgan fingerprint density at radius 2 is 1.95 bits per heavy atom. The first-order valence-electron chi connectivity index (χ1n) is 6.63. The molecule has 0 unspecified atom stereocenters. The van der Waals surface area contributed by atoms with Crippen molar-refractivity contribution >= 4 is 28.8 Å². The molecule has 1 aromatic rings. The van der Waals surface area contributed by atoms with E-state index in [9.17, 15) is 0 Å². The summed E-state index contributed by atoms with van der Waals surface area (Å²) in [6.45, 7) is 10.8. The van der Waals surface area contributed by atoms with Gasteiger partial charge in [-0.1, -0.05) is 49.8 Å². The van der Waals surface area contributed by atoms with Gasteiger partial charge in [0.25, 0.3) is 0 Å². The summed E-state index contributed by atoms with van der Waals surface area (Å²) in [6.07, 6.45) is 0. The number of halogens is 1. The summed E-state index contributed by atoms with van der Waals surface area (Å²) in [5.74, 6) is 0.636. The molecule has 0 amide bonds. The second-order valence-corrected chi connectivity index (χ2v) is 6.43. The van der Waals surface area contributed by atoms with Gasteiger partial charge in [-0.15, -0.1) is 0 Å². The van der Waals surface area contributed by atoms with E-state index in [1.54, 1.807) is 0 Å². The lowest BCUT2D eigenvalue weighted by Gasteiger charge is -2.28. The fourth-order valence-corrected chi connectivity index (χ4v) is 2.34. The third-order valence-electron chi connectivity index (χ3n) is 3.04. The topological polar surface area (TPSA) is 29.3 Å². The zero-order chi connectivity index (χ0) is 14.6. The number of thiocarbonyl (C=S) groups is 1. The molecule has 0 aromatic heterocycles. The van der Waals surface area contributed by atoms with Crippen LogP contribution in [0.15, 0.2) is 18.2 Å². The molecule has 0 fully saturated rings. The van der Waals surface area contributed by atoms with E-state index in [0.717, 1.165) is 29.2 Å². The summed E-state index contributed by atoms with van der Waals surface area (Å²) in [4.78, 5) is 2.81. The molecule has 1 aromatic carbocycles. The van der Waals surface area contributed by atoms with Crippen LogP contribution in [0.25, 0.3) is 0 Å². The summed E-state index contributed by atoms with van der Waals surface area (Å²) in [5, 5.41) is 0.736. The molecule has 2 N–H and O–H groups in total. The van der Waals surface area contributed by atoms with Crippen LogP contribution in [0, 0.1) is 5.92 Å². The maximum Gasteiger partial charge on any atom is 0.104 e. The van der Waals surface area contributed by atoms with Crippen LogP contribution in [0.5, 0.6) is 0 Å². The van der Waals surface area contributed by atoms with Gasteiger partial charge in [-0.25, -0.2) is 0 Å². The molecule has 0 heterocycles. The zero-order valence-corrected chi connectivity index (χ0v) is 13.7. The van der Waals surface area contributed by atoms with Crippen molar-refractivity contribution in [3.05, 3.63) is 34.3 Å². The molecule has 4 heteroatoms. The van der Waals surface area contributed by atoms with E-state index < -0.39 is 0 Å². The van der Waals surface area contributed by atoms with Gasteiger partial charge in [-0.3, -0.25) is 4.90 Å². The van der Waals surface area contributed by atoms with Crippen molar-refractivity contribution in [3.8, 4) is 0 Å². The smallest absolute Gasteiger partial charge is 0.104 e. The Bertz CT molecular complexity index is 444. The van der Waals surface area contributed by atoms with Crippen LogP contribution in [0.2, 0.25) is 5.02 Å². The van der Waals surface area contributed by atoms with Crippen LogP contribution in [-0.4, -0.2) is 22.5 Å². The van der Waals surface area contributed by atoms with Crippen LogP contribution in [0.3, 0.4) is 0 Å². The Hall–Kier alpha value is -0.640. The Balaban J connectivity index is 2.88. The molecule has 1 rings (SSSR count). The molecule has 0 saturated heterocycles. The lowest BCUT2D eigenvalue weighted by Crippen LogP contribution is -2.33. The van der Waals surface area contributed by atoms with Crippen molar-refractivity contribution in [1.29, 1.82) is 0 Å². The molecule has 2 nitrogen and oxygen atoms in total. The Morgan fingerprint density at radius 3 is 2.37 bits per heavy atom. The third kappa shape index (κ3) is 5.09. The van der Waals surface area contributed by atoms with Crippen molar-refractivity contribution in [2.75, 3.05) is 6.54 Å². The van der Waals surface area contributed by atoms with Crippen molar-refractivity contribution in [3.63, 3.8) is 0 Å². The molecule has 106 valence electrons. The van der Waals surface area contributed by atoms with Gasteiger partial charge in [0, 0.05) is 29.7 Å². The molecular weight excluding hydrogens is 276 g/mol. The first kappa shape index (κ1) is 16.4. The van der Waals surface area contributed by atoms with E-state index in [0.29, 0.717) is 16.9 Å². The molecule has 0 aliphatic heterocycles. The highest BCUT2D eigenvalue weighted by Gasteiger charge is 2.14. The minimum absolute atomic E-state index is 0.386. The predicted octanol–water partition coefficient (Wildman–Crippen LogP) is 3.84. The molecule has 0 aliphatic carbocycles. The molecule has 0 saturated carbocycles. The summed E-state index contributed by atoms with van der Waals surface area (Å²) in [7, 11) is 0. The van der Waals surface area contributed by atoms with Crippen LogP contribution in [0.1, 0.15) is 38.8 Å². The second kappa shape index (κ2) is 7.22. The van der Waals surface area contributed by atoms with Gasteiger partial charge in [0.1, 0.15) is 4.99 Å². The Kier molecular flexibility index (Phi) is 6.24. The highest BCUT2D eigenvalue weighted by atomic mass is 35.5. The summed E-state index contributed by atoms with van der Waals surface area (Å²) < 4.78 is 0. The SMILES string of the molecule is CC(C)CN(Cc1ccc(C(N)=S)cc1Cl)C(C)C. The first-order valence-corrected chi connectivity index (χ1v) is 7.42. The van der Waals surface area contributed by atoms with Gasteiger partial charge in [-0.2, -0.15) is 0 Å². The summed E-state index contributed by atoms with van der Waals surface area (Å²) in [6, 6.07) is 6.31. The van der Waals surface area contributed by atoms with Gasteiger partial charge in [0.15, 0.2) is 0 Å². The molecule has 0 bridgehead atoms. The van der Waals surface area contributed by atoms with Crippen LogP contribution >= 0.6 is 23.8 Å². The Morgan fingerprint density at radius 1 is 1.32 bits per heavy atom. The largest absolute Gasteiger partial charge is 0.389 e. The van der Waals surface area contributed by atoms with Gasteiger partial charge < -0.3 is 5.73 Å². The minimum atomic E-state index is 0.386. The molecule has 0 spiro atoms. The van der Waals surface area contributed by atoms with Gasteiger partial charge in [-0.05, 0) is 31.4 Å². The number of benzene rings is 1. The Labute approximate surface area is 126 Å². The first-order chi connectivity index (χ1) is 8.81. The third-order valence-corrected chi connectivity index (χ3v) is 3.63. The number of nitrogens with zero attached hydrogens (tertiary/aromatic N) is 1. The molecular formula is C15H23ClN2S. The predicted molar refractivity (Wildman–Crippen MR) is 87.7 cm³/mol. The number of nitrogens with two attached hydrogens (primary N) is 1. The average Bonchev–Trinajstić information content (AvgIpc) is 2.29. The van der Waals surface area contributed by atoms with Gasteiger partial charge in [0.05, 0.1) is 0 Å². The van der Waals surface area contributed by atoms with Crippen molar-refractivity contribution < 1.29 is 0 Å². The van der Waals surface area contributed by atoms with E-state index >= 15 is 0 Å². The molecule has 0 atom stereocenters. The van der Waals surface area contributed by atoms with Crippen molar-refractivity contribution in [2.45, 2.75) is 40.3 Å². The van der Waals surface area contributed by atoms with Crippen molar-refractivity contribution in [1.82, 2.24) is 4.90 Å². The van der Waals surface area contributed by atoms with E-state index in [4.69, 9.17) is 29.6 Å². The van der Waals surface area contributed by atoms with E-state index in [2.05, 4.69) is 32.6 Å². The fourth-order valence-electron chi connectivity index (χ4n) is 1.97. The van der Waals surface area contributed by atoms with E-state index in [1.807, 2.05) is 18.2 Å². The fraction of sp³-hybridized carbons (Fsp3) is 0.533. The average molecular weight is 299 g/mol. The minimum Gasteiger partial charge on any atom is -0.389 e. The summed E-state index contributed by atoms with van der Waals surface area (Å²) in [5.41, 5.74) is 7.55. The molecule has 0 radical (unpaired) electrons.